The van der Waals surface area contributed by atoms with Gasteiger partial charge < -0.3 is 5.73 Å². The highest BCUT2D eigenvalue weighted by Crippen LogP contribution is 2.31. The van der Waals surface area contributed by atoms with E-state index in [9.17, 15) is 0 Å². The molecule has 104 valence electrons. The highest BCUT2D eigenvalue weighted by Gasteiger charge is 2.24. The quantitative estimate of drug-likeness (QED) is 0.675. The minimum atomic E-state index is -0.0825. The number of nitrogen functional groups attached to an aromatic ring is 1. The Labute approximate surface area is 121 Å². The summed E-state index contributed by atoms with van der Waals surface area (Å²) in [7, 11) is 0. The Morgan fingerprint density at radius 2 is 1.85 bits per heavy atom. The van der Waals surface area contributed by atoms with Gasteiger partial charge in [-0.1, -0.05) is 32.4 Å². The van der Waals surface area contributed by atoms with Crippen molar-refractivity contribution >= 4 is 22.9 Å². The summed E-state index contributed by atoms with van der Waals surface area (Å²) in [6.07, 6.45) is 0. The van der Waals surface area contributed by atoms with Gasteiger partial charge >= 0.3 is 0 Å². The van der Waals surface area contributed by atoms with Gasteiger partial charge in [-0.15, -0.1) is 5.10 Å². The maximum Gasteiger partial charge on any atom is 0.194 e. The fraction of sp³-hybridized carbons (Fsp3) is 0.286. The standard InChI is InChI=1S/C14H16ClN5/c1-14(2,3)11-10(15)13-17-12(19-20(13)18-11)8-4-6-9(16)7-5-8/h4-7,18H,16H2,1-3H3. The van der Waals surface area contributed by atoms with E-state index in [1.807, 2.05) is 24.3 Å². The van der Waals surface area contributed by atoms with E-state index in [1.165, 1.54) is 0 Å². The Balaban J connectivity index is 2.11. The third-order valence-electron chi connectivity index (χ3n) is 3.16. The van der Waals surface area contributed by atoms with Gasteiger partial charge in [0.2, 0.25) is 0 Å². The van der Waals surface area contributed by atoms with Gasteiger partial charge in [-0.2, -0.15) is 4.63 Å². The third kappa shape index (κ3) is 2.04. The fourth-order valence-corrected chi connectivity index (χ4v) is 2.50. The van der Waals surface area contributed by atoms with Crippen molar-refractivity contribution in [2.24, 2.45) is 0 Å². The third-order valence-corrected chi connectivity index (χ3v) is 3.52. The Bertz CT molecular complexity index is 761. The summed E-state index contributed by atoms with van der Waals surface area (Å²) in [5.41, 5.74) is 8.79. The van der Waals surface area contributed by atoms with Gasteiger partial charge in [0.1, 0.15) is 5.02 Å². The molecular weight excluding hydrogens is 274 g/mol. The topological polar surface area (TPSA) is 72.0 Å². The molecule has 3 rings (SSSR count). The molecule has 20 heavy (non-hydrogen) atoms. The number of fused-ring (bicyclic) bond motifs is 1. The van der Waals surface area contributed by atoms with Crippen LogP contribution in [0.4, 0.5) is 5.69 Å². The van der Waals surface area contributed by atoms with Gasteiger partial charge in [-0.05, 0) is 24.3 Å². The van der Waals surface area contributed by atoms with Crippen molar-refractivity contribution in [2.75, 3.05) is 5.73 Å². The minimum Gasteiger partial charge on any atom is -0.399 e. The maximum absolute atomic E-state index is 6.39. The normalized spacial score (nSPS) is 12.2. The molecule has 3 aromatic rings. The molecule has 0 fully saturated rings. The van der Waals surface area contributed by atoms with Crippen LogP contribution >= 0.6 is 11.6 Å². The van der Waals surface area contributed by atoms with Gasteiger partial charge in [0.25, 0.3) is 0 Å². The maximum atomic E-state index is 6.39. The average Bonchev–Trinajstić information content (AvgIpc) is 2.90. The number of anilines is 1. The van der Waals surface area contributed by atoms with Crippen LogP contribution in [-0.4, -0.2) is 19.8 Å². The molecule has 2 heterocycles. The summed E-state index contributed by atoms with van der Waals surface area (Å²) in [6.45, 7) is 6.26. The molecule has 0 aliphatic heterocycles. The zero-order valence-corrected chi connectivity index (χ0v) is 12.4. The number of halogens is 1. The Kier molecular flexibility index (Phi) is 2.76. The van der Waals surface area contributed by atoms with Gasteiger partial charge in [-0.25, -0.2) is 4.98 Å². The number of hydrogen-bond donors (Lipinski definition) is 2. The molecule has 0 saturated carbocycles. The molecule has 0 saturated heterocycles. The van der Waals surface area contributed by atoms with Crippen LogP contribution in [0.5, 0.6) is 0 Å². The van der Waals surface area contributed by atoms with E-state index in [0.29, 0.717) is 22.2 Å². The summed E-state index contributed by atoms with van der Waals surface area (Å²) in [4.78, 5) is 4.49. The SMILES string of the molecule is CC(C)(C)c1[nH]n2nc(-c3ccc(N)cc3)nc2c1Cl. The van der Waals surface area contributed by atoms with E-state index in [1.54, 1.807) is 4.63 Å². The van der Waals surface area contributed by atoms with Gasteiger partial charge in [0, 0.05) is 16.7 Å². The van der Waals surface area contributed by atoms with Crippen LogP contribution in [0.15, 0.2) is 24.3 Å². The number of hydrogen-bond acceptors (Lipinski definition) is 3. The summed E-state index contributed by atoms with van der Waals surface area (Å²) >= 11 is 6.39. The zero-order chi connectivity index (χ0) is 14.5. The van der Waals surface area contributed by atoms with E-state index in [-0.39, 0.29) is 5.41 Å². The van der Waals surface area contributed by atoms with Crippen LogP contribution in [0.1, 0.15) is 26.5 Å². The first-order chi connectivity index (χ1) is 9.36. The monoisotopic (exact) mass is 289 g/mol. The molecule has 0 aliphatic carbocycles. The highest BCUT2D eigenvalue weighted by molar-refractivity contribution is 6.34. The van der Waals surface area contributed by atoms with Crippen molar-refractivity contribution in [2.45, 2.75) is 26.2 Å². The molecule has 0 atom stereocenters. The van der Waals surface area contributed by atoms with Crippen LogP contribution in [0.3, 0.4) is 0 Å². The molecule has 6 heteroatoms. The fourth-order valence-electron chi connectivity index (χ4n) is 2.05. The number of aromatic nitrogens is 4. The first kappa shape index (κ1) is 13.0. The van der Waals surface area contributed by atoms with Crippen LogP contribution in [0, 0.1) is 0 Å². The highest BCUT2D eigenvalue weighted by atomic mass is 35.5. The van der Waals surface area contributed by atoms with Crippen LogP contribution in [0.25, 0.3) is 17.0 Å². The number of rotatable bonds is 1. The zero-order valence-electron chi connectivity index (χ0n) is 11.6. The number of nitrogens with two attached hydrogens (primary N) is 1. The average molecular weight is 290 g/mol. The molecule has 2 aromatic heterocycles. The van der Waals surface area contributed by atoms with Crippen LogP contribution in [-0.2, 0) is 5.41 Å². The largest absolute Gasteiger partial charge is 0.399 e. The van der Waals surface area contributed by atoms with E-state index in [2.05, 4.69) is 36.0 Å². The van der Waals surface area contributed by atoms with Crippen LogP contribution < -0.4 is 5.73 Å². The Morgan fingerprint density at radius 3 is 2.40 bits per heavy atom. The van der Waals surface area contributed by atoms with Gasteiger partial charge in [0.05, 0.1) is 5.69 Å². The van der Waals surface area contributed by atoms with E-state index < -0.39 is 0 Å². The lowest BCUT2D eigenvalue weighted by Crippen LogP contribution is -2.12. The lowest BCUT2D eigenvalue weighted by atomic mass is 9.92. The van der Waals surface area contributed by atoms with Crippen molar-refractivity contribution < 1.29 is 0 Å². The molecule has 3 N–H and O–H groups in total. The predicted molar refractivity (Wildman–Crippen MR) is 80.9 cm³/mol. The molecular formula is C14H16ClN5. The van der Waals surface area contributed by atoms with Crippen molar-refractivity contribution in [3.8, 4) is 11.4 Å². The lowest BCUT2D eigenvalue weighted by Gasteiger charge is -2.16. The van der Waals surface area contributed by atoms with Crippen molar-refractivity contribution in [1.29, 1.82) is 0 Å². The van der Waals surface area contributed by atoms with Crippen molar-refractivity contribution in [1.82, 2.24) is 19.8 Å². The summed E-state index contributed by atoms with van der Waals surface area (Å²) in [5, 5.41) is 8.24. The molecule has 0 amide bonds. The molecule has 0 aliphatic rings. The molecule has 1 aromatic carbocycles. The first-order valence-electron chi connectivity index (χ1n) is 6.37. The van der Waals surface area contributed by atoms with E-state index >= 15 is 0 Å². The summed E-state index contributed by atoms with van der Waals surface area (Å²) in [5.74, 6) is 0.624. The first-order valence-corrected chi connectivity index (χ1v) is 6.75. The Hall–Kier alpha value is -2.01. The van der Waals surface area contributed by atoms with Crippen molar-refractivity contribution in [3.05, 3.63) is 35.0 Å². The summed E-state index contributed by atoms with van der Waals surface area (Å²) < 4.78 is 1.62. The van der Waals surface area contributed by atoms with Gasteiger partial charge in [0.15, 0.2) is 11.5 Å². The second-order valence-corrected chi connectivity index (χ2v) is 6.22. The smallest absolute Gasteiger partial charge is 0.194 e. The second kappa shape index (κ2) is 4.24. The van der Waals surface area contributed by atoms with Crippen LogP contribution in [0.2, 0.25) is 5.02 Å². The number of nitrogens with one attached hydrogen (secondary N) is 1. The summed E-state index contributed by atoms with van der Waals surface area (Å²) in [6, 6.07) is 7.44. The van der Waals surface area contributed by atoms with Crippen molar-refractivity contribution in [3.63, 3.8) is 0 Å². The number of H-pyrrole nitrogens is 1. The number of nitrogens with zero attached hydrogens (tertiary/aromatic N) is 3. The second-order valence-electron chi connectivity index (χ2n) is 5.84. The number of benzene rings is 1. The van der Waals surface area contributed by atoms with E-state index in [0.717, 1.165) is 11.3 Å². The number of aromatic amines is 1. The predicted octanol–water partition coefficient (Wildman–Crippen LogP) is 3.26. The Morgan fingerprint density at radius 1 is 1.20 bits per heavy atom. The molecule has 0 bridgehead atoms. The minimum absolute atomic E-state index is 0.0825. The molecule has 5 nitrogen and oxygen atoms in total. The lowest BCUT2D eigenvalue weighted by molar-refractivity contribution is 0.557. The molecule has 0 radical (unpaired) electrons. The van der Waals surface area contributed by atoms with E-state index in [4.69, 9.17) is 17.3 Å². The molecule has 0 unspecified atom stereocenters. The van der Waals surface area contributed by atoms with Gasteiger partial charge in [-0.3, -0.25) is 5.10 Å². The molecule has 0 spiro atoms.